The largest absolute Gasteiger partial charge is 0.462 e. The molecule has 6 nitrogen and oxygen atoms in total. The predicted octanol–water partition coefficient (Wildman–Crippen LogP) is 18.3. The Labute approximate surface area is 392 Å². The third kappa shape index (κ3) is 50.7. The fourth-order valence-electron chi connectivity index (χ4n) is 8.20. The molecule has 0 fully saturated rings. The van der Waals surface area contributed by atoms with Gasteiger partial charge in [0.1, 0.15) is 13.2 Å². The van der Waals surface area contributed by atoms with Crippen molar-refractivity contribution in [2.75, 3.05) is 13.2 Å². The molecule has 6 heteroatoms. The second-order valence-corrected chi connectivity index (χ2v) is 18.8. The molecule has 0 aliphatic heterocycles. The lowest BCUT2D eigenvalue weighted by molar-refractivity contribution is -0.167. The highest BCUT2D eigenvalue weighted by atomic mass is 16.6. The van der Waals surface area contributed by atoms with E-state index in [4.69, 9.17) is 14.2 Å². The van der Waals surface area contributed by atoms with Gasteiger partial charge >= 0.3 is 17.9 Å². The minimum Gasteiger partial charge on any atom is -0.462 e. The zero-order valence-electron chi connectivity index (χ0n) is 42.4. The molecule has 0 aromatic heterocycles. The van der Waals surface area contributed by atoms with E-state index in [2.05, 4.69) is 45.1 Å². The lowest BCUT2D eigenvalue weighted by Gasteiger charge is -2.18. The summed E-state index contributed by atoms with van der Waals surface area (Å²) in [6, 6.07) is 0. The average molecular weight is 887 g/mol. The molecule has 1 unspecified atom stereocenters. The van der Waals surface area contributed by atoms with Crippen LogP contribution in [0.1, 0.15) is 303 Å². The number of carbonyl (C=O) groups is 3. The lowest BCUT2D eigenvalue weighted by atomic mass is 10.1. The fourth-order valence-corrected chi connectivity index (χ4v) is 8.20. The van der Waals surface area contributed by atoms with Crippen LogP contribution in [-0.2, 0) is 28.6 Å². The molecule has 0 radical (unpaired) electrons. The Kier molecular flexibility index (Phi) is 50.8. The Morgan fingerprint density at radius 3 is 0.794 bits per heavy atom. The minimum absolute atomic E-state index is 0.0700. The van der Waals surface area contributed by atoms with Gasteiger partial charge in [0.25, 0.3) is 0 Å². The predicted molar refractivity (Wildman–Crippen MR) is 270 cm³/mol. The Balaban J connectivity index is 4.26. The summed E-state index contributed by atoms with van der Waals surface area (Å²) in [4.78, 5) is 38.0. The van der Waals surface area contributed by atoms with Gasteiger partial charge in [-0.05, 0) is 70.6 Å². The molecule has 0 aliphatic carbocycles. The quantitative estimate of drug-likeness (QED) is 0.0262. The van der Waals surface area contributed by atoms with Crippen LogP contribution in [0, 0.1) is 0 Å². The normalized spacial score (nSPS) is 12.1. The van der Waals surface area contributed by atoms with E-state index in [1.807, 2.05) is 0 Å². The van der Waals surface area contributed by atoms with Crippen molar-refractivity contribution < 1.29 is 28.6 Å². The second-order valence-electron chi connectivity index (χ2n) is 18.8. The average Bonchev–Trinajstić information content (AvgIpc) is 3.28. The molecule has 0 heterocycles. The summed E-state index contributed by atoms with van der Waals surface area (Å²) in [5.41, 5.74) is 0. The molecule has 0 rings (SSSR count). The van der Waals surface area contributed by atoms with Crippen LogP contribution in [0.15, 0.2) is 24.3 Å². The van der Waals surface area contributed by atoms with Crippen molar-refractivity contribution in [3.05, 3.63) is 24.3 Å². The van der Waals surface area contributed by atoms with Gasteiger partial charge in [-0.1, -0.05) is 238 Å². The molecule has 0 amide bonds. The van der Waals surface area contributed by atoms with Crippen molar-refractivity contribution in [1.82, 2.24) is 0 Å². The highest BCUT2D eigenvalue weighted by Crippen LogP contribution is 2.16. The van der Waals surface area contributed by atoms with Crippen LogP contribution in [0.3, 0.4) is 0 Å². The van der Waals surface area contributed by atoms with E-state index < -0.39 is 6.10 Å². The molecule has 0 spiro atoms. The molecule has 0 saturated heterocycles. The zero-order valence-corrected chi connectivity index (χ0v) is 42.4. The summed E-state index contributed by atoms with van der Waals surface area (Å²) in [6.07, 6.45) is 60.3. The van der Waals surface area contributed by atoms with Crippen LogP contribution in [-0.4, -0.2) is 37.2 Å². The van der Waals surface area contributed by atoms with Crippen LogP contribution in [0.5, 0.6) is 0 Å². The second kappa shape index (κ2) is 52.5. The monoisotopic (exact) mass is 887 g/mol. The standard InChI is InChI=1S/C57H106O6/c1-4-7-10-13-16-19-21-23-25-27-28-30-31-33-35-38-41-44-47-50-56(59)62-53-54(52-61-55(58)49-46-43-40-37-18-15-12-9-6-3)63-57(60)51-48-45-42-39-36-34-32-29-26-24-22-20-17-14-11-8-5-2/h23-26,54H,4-22,27-53H2,1-3H3/b25-23-,26-24-. The summed E-state index contributed by atoms with van der Waals surface area (Å²) < 4.78 is 16.8. The summed E-state index contributed by atoms with van der Waals surface area (Å²) in [5.74, 6) is -0.863. The van der Waals surface area contributed by atoms with E-state index in [-0.39, 0.29) is 31.1 Å². The number of allylic oxidation sites excluding steroid dienone is 4. The molecule has 0 saturated carbocycles. The van der Waals surface area contributed by atoms with Crippen LogP contribution < -0.4 is 0 Å². The number of unbranched alkanes of at least 4 members (excludes halogenated alkanes) is 36. The Bertz CT molecular complexity index is 1020. The summed E-state index contributed by atoms with van der Waals surface area (Å²) in [5, 5.41) is 0. The molecule has 0 aliphatic rings. The smallest absolute Gasteiger partial charge is 0.306 e. The first-order valence-corrected chi connectivity index (χ1v) is 27.8. The first-order chi connectivity index (χ1) is 31.0. The highest BCUT2D eigenvalue weighted by Gasteiger charge is 2.19. The molecule has 0 bridgehead atoms. The van der Waals surface area contributed by atoms with Crippen LogP contribution in [0.4, 0.5) is 0 Å². The van der Waals surface area contributed by atoms with E-state index in [1.165, 1.54) is 205 Å². The summed E-state index contributed by atoms with van der Waals surface area (Å²) in [7, 11) is 0. The minimum atomic E-state index is -0.769. The number of hydrogen-bond donors (Lipinski definition) is 0. The molecule has 63 heavy (non-hydrogen) atoms. The summed E-state index contributed by atoms with van der Waals surface area (Å²) in [6.45, 7) is 6.64. The van der Waals surface area contributed by atoms with E-state index in [0.29, 0.717) is 19.3 Å². The van der Waals surface area contributed by atoms with Crippen molar-refractivity contribution in [1.29, 1.82) is 0 Å². The van der Waals surface area contributed by atoms with Crippen LogP contribution in [0.2, 0.25) is 0 Å². The van der Waals surface area contributed by atoms with Gasteiger partial charge in [0, 0.05) is 19.3 Å². The SMILES string of the molecule is CCCCCCCC/C=C\CCCCCCCCCCCC(=O)OCC(COC(=O)CCCCCCCCCCC)OC(=O)CCCCCCCCC/C=C\CCCCCCCC. The van der Waals surface area contributed by atoms with Crippen LogP contribution >= 0.6 is 0 Å². The van der Waals surface area contributed by atoms with Gasteiger partial charge in [0.2, 0.25) is 0 Å². The van der Waals surface area contributed by atoms with Gasteiger partial charge in [0.05, 0.1) is 0 Å². The van der Waals surface area contributed by atoms with E-state index in [9.17, 15) is 14.4 Å². The van der Waals surface area contributed by atoms with E-state index >= 15 is 0 Å². The van der Waals surface area contributed by atoms with Gasteiger partial charge in [0.15, 0.2) is 6.10 Å². The number of rotatable bonds is 51. The van der Waals surface area contributed by atoms with Gasteiger partial charge in [-0.2, -0.15) is 0 Å². The molecule has 1 atom stereocenters. The Morgan fingerprint density at radius 1 is 0.302 bits per heavy atom. The number of esters is 3. The lowest BCUT2D eigenvalue weighted by Crippen LogP contribution is -2.30. The third-order valence-corrected chi connectivity index (χ3v) is 12.4. The molecule has 0 aromatic carbocycles. The van der Waals surface area contributed by atoms with Gasteiger partial charge in [-0.3, -0.25) is 14.4 Å². The van der Waals surface area contributed by atoms with Gasteiger partial charge < -0.3 is 14.2 Å². The van der Waals surface area contributed by atoms with Gasteiger partial charge in [-0.15, -0.1) is 0 Å². The number of hydrogen-bond acceptors (Lipinski definition) is 6. The first-order valence-electron chi connectivity index (χ1n) is 27.8. The van der Waals surface area contributed by atoms with E-state index in [0.717, 1.165) is 57.8 Å². The molecule has 0 N–H and O–H groups in total. The van der Waals surface area contributed by atoms with Crippen molar-refractivity contribution >= 4 is 17.9 Å². The van der Waals surface area contributed by atoms with Crippen molar-refractivity contribution in [2.24, 2.45) is 0 Å². The maximum atomic E-state index is 12.8. The maximum absolute atomic E-state index is 12.8. The number of carbonyl (C=O) groups excluding carboxylic acids is 3. The molecule has 370 valence electrons. The zero-order chi connectivity index (χ0) is 45.8. The Hall–Kier alpha value is -2.11. The molecular formula is C57H106O6. The van der Waals surface area contributed by atoms with Crippen molar-refractivity contribution in [3.8, 4) is 0 Å². The van der Waals surface area contributed by atoms with Crippen molar-refractivity contribution in [3.63, 3.8) is 0 Å². The fraction of sp³-hybridized carbons (Fsp3) is 0.877. The van der Waals surface area contributed by atoms with Gasteiger partial charge in [-0.25, -0.2) is 0 Å². The van der Waals surface area contributed by atoms with Crippen LogP contribution in [0.25, 0.3) is 0 Å². The maximum Gasteiger partial charge on any atom is 0.306 e. The Morgan fingerprint density at radius 2 is 0.524 bits per heavy atom. The van der Waals surface area contributed by atoms with Crippen molar-refractivity contribution in [2.45, 2.75) is 309 Å². The molecular weight excluding hydrogens is 781 g/mol. The molecule has 0 aromatic rings. The number of ether oxygens (including phenoxy) is 3. The first kappa shape index (κ1) is 60.9. The van der Waals surface area contributed by atoms with E-state index in [1.54, 1.807) is 0 Å². The summed E-state index contributed by atoms with van der Waals surface area (Å²) >= 11 is 0. The third-order valence-electron chi connectivity index (χ3n) is 12.4. The highest BCUT2D eigenvalue weighted by molar-refractivity contribution is 5.71. The topological polar surface area (TPSA) is 78.9 Å².